The summed E-state index contributed by atoms with van der Waals surface area (Å²) in [6.45, 7) is 9.64. The Morgan fingerprint density at radius 2 is 2.00 bits per heavy atom. The first-order valence-electron chi connectivity index (χ1n) is 8.90. The number of para-hydroxylation sites is 1. The van der Waals surface area contributed by atoms with Gasteiger partial charge in [-0.15, -0.1) is 0 Å². The van der Waals surface area contributed by atoms with Crippen LogP contribution < -0.4 is 10.2 Å². The third-order valence-corrected chi connectivity index (χ3v) is 4.95. The summed E-state index contributed by atoms with van der Waals surface area (Å²) in [6, 6.07) is 8.21. The summed E-state index contributed by atoms with van der Waals surface area (Å²) in [4.78, 5) is 14.7. The molecule has 0 spiro atoms. The average Bonchev–Trinajstić information content (AvgIpc) is 2.85. The monoisotopic (exact) mass is 342 g/mol. The molecule has 1 amide bonds. The number of nitrogens with one attached hydrogen (secondary N) is 1. The molecule has 0 fully saturated rings. The van der Waals surface area contributed by atoms with Gasteiger partial charge < -0.3 is 10.2 Å². The van der Waals surface area contributed by atoms with E-state index in [1.54, 1.807) is 0 Å². The Labute approximate surface area is 151 Å². The number of aromatic nitrogens is 2. The van der Waals surface area contributed by atoms with Gasteiger partial charge in [0.1, 0.15) is 0 Å². The molecule has 5 heteroatoms. The Kier molecular flexibility index (Phi) is 6.23. The van der Waals surface area contributed by atoms with Gasteiger partial charge in [-0.05, 0) is 44.4 Å². The van der Waals surface area contributed by atoms with Crippen molar-refractivity contribution in [1.82, 2.24) is 15.1 Å². The molecule has 136 valence electrons. The quantitative estimate of drug-likeness (QED) is 0.841. The second-order valence-electron chi connectivity index (χ2n) is 6.74. The fourth-order valence-electron chi connectivity index (χ4n) is 3.07. The van der Waals surface area contributed by atoms with E-state index >= 15 is 0 Å². The first-order valence-corrected chi connectivity index (χ1v) is 8.90. The number of anilines is 1. The van der Waals surface area contributed by atoms with E-state index in [1.807, 2.05) is 37.7 Å². The lowest BCUT2D eigenvalue weighted by molar-refractivity contribution is -0.124. The molecule has 1 aromatic carbocycles. The lowest BCUT2D eigenvalue weighted by Crippen LogP contribution is -2.31. The Balaban J connectivity index is 2.01. The molecular formula is C20H30N4O. The molecule has 2 rings (SSSR count). The van der Waals surface area contributed by atoms with Crippen molar-refractivity contribution in [3.8, 4) is 0 Å². The Morgan fingerprint density at radius 3 is 2.60 bits per heavy atom. The molecule has 0 aliphatic carbocycles. The topological polar surface area (TPSA) is 50.2 Å². The number of rotatable bonds is 7. The number of hydrogen-bond donors (Lipinski definition) is 1. The zero-order chi connectivity index (χ0) is 18.6. The predicted octanol–water partition coefficient (Wildman–Crippen LogP) is 2.99. The minimum atomic E-state index is -0.0855. The molecule has 0 saturated heterocycles. The van der Waals surface area contributed by atoms with E-state index in [2.05, 4.69) is 48.3 Å². The summed E-state index contributed by atoms with van der Waals surface area (Å²) < 4.78 is 1.88. The van der Waals surface area contributed by atoms with Crippen molar-refractivity contribution in [1.29, 1.82) is 0 Å². The maximum Gasteiger partial charge on any atom is 0.223 e. The second-order valence-corrected chi connectivity index (χ2v) is 6.74. The van der Waals surface area contributed by atoms with E-state index < -0.39 is 0 Å². The van der Waals surface area contributed by atoms with E-state index in [9.17, 15) is 4.79 Å². The molecule has 0 aliphatic heterocycles. The van der Waals surface area contributed by atoms with E-state index in [-0.39, 0.29) is 11.8 Å². The molecule has 0 bridgehead atoms. The van der Waals surface area contributed by atoms with Gasteiger partial charge in [0.2, 0.25) is 5.91 Å². The minimum absolute atomic E-state index is 0.0802. The highest BCUT2D eigenvalue weighted by Crippen LogP contribution is 2.20. The molecule has 0 saturated carbocycles. The Morgan fingerprint density at radius 1 is 1.32 bits per heavy atom. The molecular weight excluding hydrogens is 312 g/mol. The summed E-state index contributed by atoms with van der Waals surface area (Å²) in [5.41, 5.74) is 5.62. The van der Waals surface area contributed by atoms with Gasteiger partial charge >= 0.3 is 0 Å². The van der Waals surface area contributed by atoms with Gasteiger partial charge in [0.15, 0.2) is 0 Å². The number of benzene rings is 1. The number of carbonyl (C=O) groups is 1. The van der Waals surface area contributed by atoms with E-state index in [0.29, 0.717) is 13.0 Å². The molecule has 1 heterocycles. The maximum atomic E-state index is 12.5. The predicted molar refractivity (Wildman–Crippen MR) is 103 cm³/mol. The third kappa shape index (κ3) is 4.41. The molecule has 1 N–H and O–H groups in total. The number of hydrogen-bond acceptors (Lipinski definition) is 3. The van der Waals surface area contributed by atoms with E-state index in [1.165, 1.54) is 5.56 Å². The molecule has 1 aromatic heterocycles. The van der Waals surface area contributed by atoms with Gasteiger partial charge in [0, 0.05) is 44.5 Å². The van der Waals surface area contributed by atoms with Crippen LogP contribution in [0.4, 0.5) is 5.69 Å². The van der Waals surface area contributed by atoms with E-state index in [0.717, 1.165) is 29.2 Å². The second kappa shape index (κ2) is 8.19. The molecule has 2 aromatic rings. The van der Waals surface area contributed by atoms with Crippen LogP contribution in [0.3, 0.4) is 0 Å². The van der Waals surface area contributed by atoms with Gasteiger partial charge in [-0.3, -0.25) is 9.48 Å². The number of carbonyl (C=O) groups excluding carboxylic acids is 1. The fourth-order valence-corrected chi connectivity index (χ4v) is 3.07. The molecule has 0 radical (unpaired) electrons. The Bertz CT molecular complexity index is 735. The summed E-state index contributed by atoms with van der Waals surface area (Å²) in [5.74, 6) is -0.00530. The van der Waals surface area contributed by atoms with Crippen LogP contribution in [0.1, 0.15) is 36.4 Å². The van der Waals surface area contributed by atoms with Gasteiger partial charge in [-0.1, -0.05) is 25.1 Å². The fraction of sp³-hybridized carbons (Fsp3) is 0.500. The van der Waals surface area contributed by atoms with Crippen molar-refractivity contribution >= 4 is 11.6 Å². The zero-order valence-corrected chi connectivity index (χ0v) is 16.3. The van der Waals surface area contributed by atoms with Gasteiger partial charge in [-0.2, -0.15) is 5.10 Å². The van der Waals surface area contributed by atoms with Crippen molar-refractivity contribution in [2.45, 2.75) is 40.7 Å². The molecule has 0 aliphatic rings. The summed E-state index contributed by atoms with van der Waals surface area (Å²) >= 11 is 0. The Hall–Kier alpha value is -2.30. The zero-order valence-electron chi connectivity index (χ0n) is 16.3. The first kappa shape index (κ1) is 19.0. The van der Waals surface area contributed by atoms with Gasteiger partial charge in [0.05, 0.1) is 5.69 Å². The highest BCUT2D eigenvalue weighted by atomic mass is 16.1. The van der Waals surface area contributed by atoms with Crippen molar-refractivity contribution in [2.75, 3.05) is 18.5 Å². The van der Waals surface area contributed by atoms with Crippen LogP contribution in [0.5, 0.6) is 0 Å². The average molecular weight is 342 g/mol. The standard InChI is InChI=1S/C20H30N4O/c1-7-23(5)19-11-9-8-10-17(19)13-21-20(25)14(2)12-18-15(3)22-24(6)16(18)4/h8-11,14H,7,12-13H2,1-6H3,(H,21,25)/t14-/m0/s1. The van der Waals surface area contributed by atoms with Crippen molar-refractivity contribution in [3.63, 3.8) is 0 Å². The molecule has 0 unspecified atom stereocenters. The number of aryl methyl sites for hydroxylation is 2. The number of nitrogens with zero attached hydrogens (tertiary/aromatic N) is 3. The van der Waals surface area contributed by atoms with Crippen LogP contribution in [0.15, 0.2) is 24.3 Å². The maximum absolute atomic E-state index is 12.5. The van der Waals surface area contributed by atoms with Crippen LogP contribution in [0.2, 0.25) is 0 Å². The molecule has 1 atom stereocenters. The van der Waals surface area contributed by atoms with Gasteiger partial charge in [-0.25, -0.2) is 0 Å². The summed E-state index contributed by atoms with van der Waals surface area (Å²) in [7, 11) is 4.01. The number of amides is 1. The third-order valence-electron chi connectivity index (χ3n) is 4.95. The van der Waals surface area contributed by atoms with Gasteiger partial charge in [0.25, 0.3) is 0 Å². The van der Waals surface area contributed by atoms with Crippen LogP contribution >= 0.6 is 0 Å². The minimum Gasteiger partial charge on any atom is -0.375 e. The SMILES string of the molecule is CCN(C)c1ccccc1CNC(=O)[C@@H](C)Cc1c(C)nn(C)c1C. The van der Waals surface area contributed by atoms with Crippen molar-refractivity contribution in [3.05, 3.63) is 46.8 Å². The smallest absolute Gasteiger partial charge is 0.223 e. The summed E-state index contributed by atoms with van der Waals surface area (Å²) in [6.07, 6.45) is 0.716. The highest BCUT2D eigenvalue weighted by molar-refractivity contribution is 5.78. The summed E-state index contributed by atoms with van der Waals surface area (Å²) in [5, 5.41) is 7.53. The van der Waals surface area contributed by atoms with Crippen molar-refractivity contribution in [2.24, 2.45) is 13.0 Å². The van der Waals surface area contributed by atoms with Crippen LogP contribution in [0, 0.1) is 19.8 Å². The van der Waals surface area contributed by atoms with Crippen LogP contribution in [-0.4, -0.2) is 29.3 Å². The molecule has 5 nitrogen and oxygen atoms in total. The lowest BCUT2D eigenvalue weighted by Gasteiger charge is -2.21. The largest absolute Gasteiger partial charge is 0.375 e. The van der Waals surface area contributed by atoms with Crippen molar-refractivity contribution < 1.29 is 4.79 Å². The highest BCUT2D eigenvalue weighted by Gasteiger charge is 2.18. The van der Waals surface area contributed by atoms with E-state index in [4.69, 9.17) is 0 Å². The van der Waals surface area contributed by atoms with Crippen LogP contribution in [-0.2, 0) is 24.8 Å². The normalized spacial score (nSPS) is 12.1. The first-order chi connectivity index (χ1) is 11.8. The molecule has 25 heavy (non-hydrogen) atoms. The lowest BCUT2D eigenvalue weighted by atomic mass is 9.98. The van der Waals surface area contributed by atoms with Crippen LogP contribution in [0.25, 0.3) is 0 Å².